The third-order valence-corrected chi connectivity index (χ3v) is 5.19. The predicted molar refractivity (Wildman–Crippen MR) is 114 cm³/mol. The number of fused-ring (bicyclic) bond motifs is 4. The summed E-state index contributed by atoms with van der Waals surface area (Å²) in [5.41, 5.74) is 2.57. The molecule has 0 unspecified atom stereocenters. The Balaban J connectivity index is 2.01. The molecule has 1 N–H and O–H groups in total. The first-order valence-electron chi connectivity index (χ1n) is 9.16. The van der Waals surface area contributed by atoms with E-state index < -0.39 is 5.97 Å². The third-order valence-electron chi connectivity index (χ3n) is 5.19. The molecule has 0 spiro atoms. The molecule has 3 aromatic carbocycles. The maximum atomic E-state index is 12.0. The van der Waals surface area contributed by atoms with Crippen LogP contribution in [0.15, 0.2) is 87.2 Å². The quantitative estimate of drug-likeness (QED) is 0.236. The standard InChI is InChI=1S/C24H13NO5/c26-15-7-10-19-21(12-15)30-23-16-9-6-14(25-29)11-13(16)5-8-20(23)22(19)17-3-1-2-4-18(17)24(27)28/h1-12H,(H,27,28). The summed E-state index contributed by atoms with van der Waals surface area (Å²) >= 11 is 0. The average Bonchev–Trinajstić information content (AvgIpc) is 2.76. The van der Waals surface area contributed by atoms with Crippen molar-refractivity contribution >= 4 is 33.4 Å². The third kappa shape index (κ3) is 2.66. The van der Waals surface area contributed by atoms with Gasteiger partial charge in [0.15, 0.2) is 5.43 Å². The van der Waals surface area contributed by atoms with Crippen molar-refractivity contribution in [2.24, 2.45) is 5.18 Å². The summed E-state index contributed by atoms with van der Waals surface area (Å²) in [6.45, 7) is 0. The van der Waals surface area contributed by atoms with Gasteiger partial charge in [0, 0.05) is 28.0 Å². The Kier molecular flexibility index (Phi) is 3.93. The monoisotopic (exact) mass is 395 g/mol. The number of carbonyl (C=O) groups is 1. The van der Waals surface area contributed by atoms with E-state index in [0.29, 0.717) is 39.1 Å². The molecule has 2 aliphatic rings. The molecule has 0 bridgehead atoms. The number of benzene rings is 4. The van der Waals surface area contributed by atoms with Crippen molar-refractivity contribution < 1.29 is 14.3 Å². The van der Waals surface area contributed by atoms with E-state index in [1.165, 1.54) is 12.1 Å². The number of rotatable bonds is 3. The predicted octanol–water partition coefficient (Wildman–Crippen LogP) is 5.81. The number of aromatic carboxylic acids is 1. The van der Waals surface area contributed by atoms with Crippen LogP contribution in [0, 0.1) is 4.91 Å². The molecule has 0 saturated heterocycles. The molecule has 0 amide bonds. The van der Waals surface area contributed by atoms with Crippen LogP contribution in [0.1, 0.15) is 10.4 Å². The van der Waals surface area contributed by atoms with Crippen molar-refractivity contribution in [2.75, 3.05) is 0 Å². The summed E-state index contributed by atoms with van der Waals surface area (Å²) in [7, 11) is 0. The van der Waals surface area contributed by atoms with Crippen LogP contribution in [0.2, 0.25) is 0 Å². The molecule has 1 heterocycles. The number of carboxylic acids is 1. The molecule has 0 aromatic heterocycles. The first-order valence-corrected chi connectivity index (χ1v) is 9.16. The van der Waals surface area contributed by atoms with E-state index in [1.807, 2.05) is 12.1 Å². The maximum absolute atomic E-state index is 12.0. The van der Waals surface area contributed by atoms with Crippen LogP contribution in [0.4, 0.5) is 5.69 Å². The molecule has 1 aliphatic carbocycles. The van der Waals surface area contributed by atoms with E-state index in [9.17, 15) is 19.6 Å². The first kappa shape index (κ1) is 17.8. The maximum Gasteiger partial charge on any atom is 0.336 e. The largest absolute Gasteiger partial charge is 0.478 e. The van der Waals surface area contributed by atoms with Crippen molar-refractivity contribution in [1.29, 1.82) is 0 Å². The number of nitroso groups, excluding NO2 is 1. The zero-order chi connectivity index (χ0) is 20.8. The lowest BCUT2D eigenvalue weighted by molar-refractivity contribution is 0.0697. The average molecular weight is 395 g/mol. The molecule has 6 heteroatoms. The summed E-state index contributed by atoms with van der Waals surface area (Å²) in [5, 5.41) is 14.9. The van der Waals surface area contributed by atoms with Crippen molar-refractivity contribution in [2.45, 2.75) is 0 Å². The molecule has 0 atom stereocenters. The van der Waals surface area contributed by atoms with Gasteiger partial charge in [0.1, 0.15) is 17.0 Å². The molecule has 3 aromatic rings. The van der Waals surface area contributed by atoms with Gasteiger partial charge in [-0.25, -0.2) is 4.79 Å². The van der Waals surface area contributed by atoms with Crippen LogP contribution in [0.5, 0.6) is 0 Å². The van der Waals surface area contributed by atoms with Crippen LogP contribution >= 0.6 is 0 Å². The molecular weight excluding hydrogens is 382 g/mol. The Morgan fingerprint density at radius 1 is 0.867 bits per heavy atom. The normalized spacial score (nSPS) is 11.2. The number of nitrogens with zero attached hydrogens (tertiary/aromatic N) is 1. The summed E-state index contributed by atoms with van der Waals surface area (Å²) in [5.74, 6) is -0.689. The minimum atomic E-state index is -1.05. The lowest BCUT2D eigenvalue weighted by atomic mass is 9.90. The van der Waals surface area contributed by atoms with Crippen molar-refractivity contribution in [3.63, 3.8) is 0 Å². The second-order valence-corrected chi connectivity index (χ2v) is 6.92. The summed E-state index contributed by atoms with van der Waals surface area (Å²) in [4.78, 5) is 34.8. The van der Waals surface area contributed by atoms with E-state index in [4.69, 9.17) is 4.42 Å². The van der Waals surface area contributed by atoms with Crippen LogP contribution < -0.4 is 5.43 Å². The van der Waals surface area contributed by atoms with Gasteiger partial charge in [-0.3, -0.25) is 4.79 Å². The van der Waals surface area contributed by atoms with Gasteiger partial charge in [-0.05, 0) is 58.6 Å². The molecule has 1 aliphatic heterocycles. The molecule has 5 rings (SSSR count). The van der Waals surface area contributed by atoms with E-state index in [0.717, 1.165) is 10.8 Å². The second-order valence-electron chi connectivity index (χ2n) is 6.92. The van der Waals surface area contributed by atoms with Gasteiger partial charge in [0.25, 0.3) is 0 Å². The molecule has 6 nitrogen and oxygen atoms in total. The highest BCUT2D eigenvalue weighted by Gasteiger charge is 2.22. The van der Waals surface area contributed by atoms with Gasteiger partial charge in [-0.1, -0.05) is 24.3 Å². The van der Waals surface area contributed by atoms with Crippen molar-refractivity contribution in [3.8, 4) is 22.5 Å². The second kappa shape index (κ2) is 6.63. The van der Waals surface area contributed by atoms with Crippen LogP contribution in [-0.2, 0) is 0 Å². The number of carboxylic acid groups (broad SMARTS) is 1. The molecule has 0 fully saturated rings. The zero-order valence-corrected chi connectivity index (χ0v) is 15.5. The molecule has 0 saturated carbocycles. The molecule has 144 valence electrons. The Labute approximate surface area is 169 Å². The zero-order valence-electron chi connectivity index (χ0n) is 15.5. The fourth-order valence-corrected chi connectivity index (χ4v) is 3.88. The SMILES string of the molecule is O=Nc1ccc2c(ccc3c(-c4ccccc4C(=O)O)c4ccc(=O)cc-4oc32)c1. The van der Waals surface area contributed by atoms with E-state index in [-0.39, 0.29) is 11.0 Å². The van der Waals surface area contributed by atoms with Gasteiger partial charge >= 0.3 is 5.97 Å². The first-order chi connectivity index (χ1) is 14.6. The highest BCUT2D eigenvalue weighted by atomic mass is 16.4. The van der Waals surface area contributed by atoms with Crippen molar-refractivity contribution in [3.05, 3.63) is 93.5 Å². The van der Waals surface area contributed by atoms with Crippen LogP contribution in [-0.4, -0.2) is 11.1 Å². The fraction of sp³-hybridized carbons (Fsp3) is 0. The molecule has 30 heavy (non-hydrogen) atoms. The lowest BCUT2D eigenvalue weighted by Gasteiger charge is -2.17. The van der Waals surface area contributed by atoms with Gasteiger partial charge < -0.3 is 9.52 Å². The Morgan fingerprint density at radius 3 is 2.47 bits per heavy atom. The van der Waals surface area contributed by atoms with Crippen LogP contribution in [0.25, 0.3) is 44.2 Å². The fourth-order valence-electron chi connectivity index (χ4n) is 3.88. The van der Waals surface area contributed by atoms with E-state index in [1.54, 1.807) is 48.5 Å². The Bertz CT molecular complexity index is 1520. The van der Waals surface area contributed by atoms with Gasteiger partial charge in [0.2, 0.25) is 0 Å². The number of hydrogen-bond donors (Lipinski definition) is 1. The van der Waals surface area contributed by atoms with E-state index in [2.05, 4.69) is 5.18 Å². The Hall–Kier alpha value is -4.32. The lowest BCUT2D eigenvalue weighted by Crippen LogP contribution is -2.03. The number of hydrogen-bond acceptors (Lipinski definition) is 5. The highest BCUT2D eigenvalue weighted by molar-refractivity contribution is 6.14. The van der Waals surface area contributed by atoms with Crippen LogP contribution in [0.3, 0.4) is 0 Å². The molecule has 0 radical (unpaired) electrons. The summed E-state index contributed by atoms with van der Waals surface area (Å²) < 4.78 is 6.12. The van der Waals surface area contributed by atoms with Crippen molar-refractivity contribution in [1.82, 2.24) is 0 Å². The topological polar surface area (TPSA) is 96.9 Å². The summed E-state index contributed by atoms with van der Waals surface area (Å²) in [6, 6.07) is 19.8. The molecular formula is C24H13NO5. The van der Waals surface area contributed by atoms with Gasteiger partial charge in [0.05, 0.1) is 5.56 Å². The van der Waals surface area contributed by atoms with Gasteiger partial charge in [-0.2, -0.15) is 0 Å². The van der Waals surface area contributed by atoms with Gasteiger partial charge in [-0.15, -0.1) is 4.91 Å². The minimum Gasteiger partial charge on any atom is -0.478 e. The summed E-state index contributed by atoms with van der Waals surface area (Å²) in [6.07, 6.45) is 0. The Morgan fingerprint density at radius 2 is 1.67 bits per heavy atom. The smallest absolute Gasteiger partial charge is 0.336 e. The highest BCUT2D eigenvalue weighted by Crippen LogP contribution is 2.43. The van der Waals surface area contributed by atoms with E-state index >= 15 is 0 Å². The minimum absolute atomic E-state index is 0.151.